The maximum absolute atomic E-state index is 12.7. The molecule has 6 heteroatoms. The quantitative estimate of drug-likeness (QED) is 0.907. The molecule has 2 aliphatic rings. The van der Waals surface area contributed by atoms with Crippen molar-refractivity contribution in [1.29, 1.82) is 0 Å². The van der Waals surface area contributed by atoms with Crippen molar-refractivity contribution in [2.24, 2.45) is 11.8 Å². The third kappa shape index (κ3) is 3.21. The van der Waals surface area contributed by atoms with Gasteiger partial charge < -0.3 is 0 Å². The summed E-state index contributed by atoms with van der Waals surface area (Å²) >= 11 is 1.73. The van der Waals surface area contributed by atoms with Gasteiger partial charge in [-0.25, -0.2) is 13.1 Å². The molecule has 0 amide bonds. The Kier molecular flexibility index (Phi) is 4.36. The van der Waals surface area contributed by atoms with Crippen molar-refractivity contribution in [2.75, 3.05) is 5.75 Å². The van der Waals surface area contributed by atoms with E-state index in [0.29, 0.717) is 17.4 Å². The number of benzene rings is 1. The van der Waals surface area contributed by atoms with Crippen LogP contribution < -0.4 is 4.72 Å². The Labute approximate surface area is 142 Å². The first-order chi connectivity index (χ1) is 10.7. The Morgan fingerprint density at radius 3 is 2.57 bits per heavy atom. The van der Waals surface area contributed by atoms with Gasteiger partial charge in [0.1, 0.15) is 5.78 Å². The lowest BCUT2D eigenvalue weighted by atomic mass is 9.72. The van der Waals surface area contributed by atoms with Gasteiger partial charge in [0, 0.05) is 28.9 Å². The van der Waals surface area contributed by atoms with Gasteiger partial charge in [0.05, 0.1) is 4.90 Å². The molecular weight excluding hydrogens is 330 g/mol. The van der Waals surface area contributed by atoms with Crippen molar-refractivity contribution in [3.63, 3.8) is 0 Å². The summed E-state index contributed by atoms with van der Waals surface area (Å²) in [7, 11) is -3.58. The number of Topliss-reactive ketones (excluding diaryl/α,β-unsaturated/α-hetero) is 1. The molecule has 126 valence electrons. The van der Waals surface area contributed by atoms with Crippen LogP contribution in [-0.4, -0.2) is 30.7 Å². The number of sulfonamides is 1. The van der Waals surface area contributed by atoms with Crippen LogP contribution >= 0.6 is 11.8 Å². The number of thioether (sulfide) groups is 1. The summed E-state index contributed by atoms with van der Waals surface area (Å²) in [6.07, 6.45) is 1.38. The van der Waals surface area contributed by atoms with Crippen LogP contribution in [0.4, 0.5) is 0 Å². The molecule has 1 N–H and O–H groups in total. The monoisotopic (exact) mass is 353 g/mol. The Balaban J connectivity index is 1.84. The number of nitrogens with one attached hydrogen (secondary N) is 1. The highest BCUT2D eigenvalue weighted by Crippen LogP contribution is 2.46. The third-order valence-electron chi connectivity index (χ3n) is 5.23. The van der Waals surface area contributed by atoms with E-state index in [0.717, 1.165) is 12.0 Å². The first kappa shape index (κ1) is 17.0. The smallest absolute Gasteiger partial charge is 0.241 e. The average Bonchev–Trinajstić information content (AvgIpc) is 2.48. The van der Waals surface area contributed by atoms with Crippen LogP contribution in [0.5, 0.6) is 0 Å². The number of aryl methyl sites for hydroxylation is 1. The van der Waals surface area contributed by atoms with Crippen molar-refractivity contribution in [1.82, 2.24) is 4.72 Å². The highest BCUT2D eigenvalue weighted by Gasteiger charge is 2.49. The third-order valence-corrected chi connectivity index (χ3v) is 8.65. The van der Waals surface area contributed by atoms with Crippen LogP contribution in [0.15, 0.2) is 29.2 Å². The highest BCUT2D eigenvalue weighted by atomic mass is 32.2. The fraction of sp³-hybridized carbons (Fsp3) is 0.588. The number of rotatable bonds is 3. The molecule has 4 atom stereocenters. The standard InChI is InChI=1S/C17H23NO3S2/c1-11-4-6-14(7-5-11)23(20,21)18-17(3)10-22-16-9-13(17)8-15(19)12(16)2/h4-7,12-13,16,18H,8-10H2,1-3H3/t12-,13+,16+,17+/m1/s1. The number of ketones is 1. The molecule has 1 aliphatic carbocycles. The largest absolute Gasteiger partial charge is 0.299 e. The lowest BCUT2D eigenvalue weighted by molar-refractivity contribution is -0.126. The fourth-order valence-corrected chi connectivity index (χ4v) is 6.73. The molecule has 2 fully saturated rings. The molecule has 0 unspecified atom stereocenters. The van der Waals surface area contributed by atoms with Gasteiger partial charge in [-0.1, -0.05) is 24.6 Å². The molecule has 23 heavy (non-hydrogen) atoms. The minimum absolute atomic E-state index is 0.0812. The molecule has 1 aromatic carbocycles. The SMILES string of the molecule is Cc1ccc(S(=O)(=O)N[C@@]2(C)CS[C@H]3C[C@@H]2CC(=O)[C@H]3C)cc1. The zero-order valence-electron chi connectivity index (χ0n) is 13.7. The van der Waals surface area contributed by atoms with E-state index in [4.69, 9.17) is 0 Å². The van der Waals surface area contributed by atoms with Crippen molar-refractivity contribution in [3.8, 4) is 0 Å². The topological polar surface area (TPSA) is 63.2 Å². The summed E-state index contributed by atoms with van der Waals surface area (Å²) in [5, 5.41) is 0.332. The summed E-state index contributed by atoms with van der Waals surface area (Å²) in [6, 6.07) is 6.87. The number of carbonyl (C=O) groups is 1. The summed E-state index contributed by atoms with van der Waals surface area (Å²) < 4.78 is 28.3. The molecule has 2 bridgehead atoms. The Hall–Kier alpha value is -0.850. The van der Waals surface area contributed by atoms with E-state index in [1.165, 1.54) is 0 Å². The van der Waals surface area contributed by atoms with Gasteiger partial charge in [-0.3, -0.25) is 4.79 Å². The molecular formula is C17H23NO3S2. The number of fused-ring (bicyclic) bond motifs is 2. The van der Waals surface area contributed by atoms with E-state index in [2.05, 4.69) is 4.72 Å². The van der Waals surface area contributed by atoms with Crippen LogP contribution in [-0.2, 0) is 14.8 Å². The van der Waals surface area contributed by atoms with E-state index in [1.807, 2.05) is 20.8 Å². The van der Waals surface area contributed by atoms with Gasteiger partial charge in [0.25, 0.3) is 0 Å². The number of carbonyl (C=O) groups excluding carboxylic acids is 1. The molecule has 1 heterocycles. The average molecular weight is 354 g/mol. The van der Waals surface area contributed by atoms with Gasteiger partial charge >= 0.3 is 0 Å². The minimum atomic E-state index is -3.58. The second kappa shape index (κ2) is 5.90. The maximum atomic E-state index is 12.7. The van der Waals surface area contributed by atoms with E-state index in [9.17, 15) is 13.2 Å². The van der Waals surface area contributed by atoms with Crippen molar-refractivity contribution < 1.29 is 13.2 Å². The molecule has 0 spiro atoms. The lowest BCUT2D eigenvalue weighted by Crippen LogP contribution is -2.59. The van der Waals surface area contributed by atoms with E-state index in [-0.39, 0.29) is 22.5 Å². The molecule has 1 aromatic rings. The van der Waals surface area contributed by atoms with Crippen LogP contribution in [0.1, 0.15) is 32.3 Å². The van der Waals surface area contributed by atoms with Gasteiger partial charge in [-0.05, 0) is 38.3 Å². The van der Waals surface area contributed by atoms with E-state index < -0.39 is 15.6 Å². The summed E-state index contributed by atoms with van der Waals surface area (Å²) in [5.41, 5.74) is 0.457. The van der Waals surface area contributed by atoms with Crippen molar-refractivity contribution in [3.05, 3.63) is 29.8 Å². The zero-order chi connectivity index (χ0) is 16.8. The molecule has 0 radical (unpaired) electrons. The van der Waals surface area contributed by atoms with Crippen molar-refractivity contribution in [2.45, 2.75) is 49.3 Å². The molecule has 1 aliphatic heterocycles. The highest BCUT2D eigenvalue weighted by molar-refractivity contribution is 8.00. The van der Waals surface area contributed by atoms with Crippen molar-refractivity contribution >= 4 is 27.6 Å². The molecule has 1 saturated carbocycles. The van der Waals surface area contributed by atoms with Gasteiger partial charge in [0.15, 0.2) is 0 Å². The first-order valence-electron chi connectivity index (χ1n) is 7.96. The number of hydrogen-bond acceptors (Lipinski definition) is 4. The second-order valence-electron chi connectivity index (χ2n) is 7.08. The molecule has 4 nitrogen and oxygen atoms in total. The number of hydrogen-bond donors (Lipinski definition) is 1. The molecule has 3 rings (SSSR count). The lowest BCUT2D eigenvalue weighted by Gasteiger charge is -2.48. The molecule has 0 aromatic heterocycles. The zero-order valence-corrected chi connectivity index (χ0v) is 15.3. The minimum Gasteiger partial charge on any atom is -0.299 e. The normalized spacial score (nSPS) is 34.4. The van der Waals surface area contributed by atoms with Gasteiger partial charge in [0.2, 0.25) is 10.0 Å². The van der Waals surface area contributed by atoms with Gasteiger partial charge in [-0.15, -0.1) is 0 Å². The predicted octanol–water partition coefficient (Wildman–Crippen LogP) is 2.76. The maximum Gasteiger partial charge on any atom is 0.241 e. The molecule has 1 saturated heterocycles. The fourth-order valence-electron chi connectivity index (χ4n) is 3.50. The Morgan fingerprint density at radius 1 is 1.26 bits per heavy atom. The van der Waals surface area contributed by atoms with E-state index in [1.54, 1.807) is 36.0 Å². The second-order valence-corrected chi connectivity index (χ2v) is 9.99. The summed E-state index contributed by atoms with van der Waals surface area (Å²) in [4.78, 5) is 12.5. The Morgan fingerprint density at radius 2 is 1.91 bits per heavy atom. The summed E-state index contributed by atoms with van der Waals surface area (Å²) in [6.45, 7) is 5.86. The first-order valence-corrected chi connectivity index (χ1v) is 10.5. The Bertz CT molecular complexity index is 714. The van der Waals surface area contributed by atoms with Gasteiger partial charge in [-0.2, -0.15) is 11.8 Å². The van der Waals surface area contributed by atoms with E-state index >= 15 is 0 Å². The van der Waals surface area contributed by atoms with Crippen LogP contribution in [0.2, 0.25) is 0 Å². The van der Waals surface area contributed by atoms with Crippen LogP contribution in [0, 0.1) is 18.8 Å². The van der Waals surface area contributed by atoms with Crippen LogP contribution in [0.25, 0.3) is 0 Å². The predicted molar refractivity (Wildman–Crippen MR) is 93.0 cm³/mol. The van der Waals surface area contributed by atoms with Crippen LogP contribution in [0.3, 0.4) is 0 Å². The summed E-state index contributed by atoms with van der Waals surface area (Å²) in [5.74, 6) is 1.15.